The first-order valence-electron chi connectivity index (χ1n) is 17.7. The summed E-state index contributed by atoms with van der Waals surface area (Å²) in [6.45, 7) is 1.68. The minimum absolute atomic E-state index is 0.0536. The number of anilines is 1. The fourth-order valence-electron chi connectivity index (χ4n) is 8.40. The second-order valence-electron chi connectivity index (χ2n) is 14.0. The summed E-state index contributed by atoms with van der Waals surface area (Å²) in [4.78, 5) is 47.9. The van der Waals surface area contributed by atoms with E-state index in [0.717, 1.165) is 42.9 Å². The SMILES string of the molecule is COC(=O)C1CC(OC(=O)c2cc(OC)c(OC(=O)Oc3cccc(N(C)C)c3)c(OC)c2)CC2CN3CCc4c([nH]c5cc(OC)ccc45)C3CC21. The fraction of sp³-hybridized carbons (Fsp3) is 0.425. The minimum Gasteiger partial charge on any atom is -0.497 e. The van der Waals surface area contributed by atoms with E-state index in [1.54, 1.807) is 25.3 Å². The van der Waals surface area contributed by atoms with Crippen LogP contribution in [-0.2, 0) is 20.7 Å². The monoisotopic (exact) mass is 727 g/mol. The fourth-order valence-corrected chi connectivity index (χ4v) is 8.40. The van der Waals surface area contributed by atoms with Crippen LogP contribution in [0.3, 0.4) is 0 Å². The highest BCUT2D eigenvalue weighted by atomic mass is 16.7. The molecular formula is C40H45N3O10. The number of carbonyl (C=O) groups excluding carboxylic acids is 3. The Morgan fingerprint density at radius 3 is 2.32 bits per heavy atom. The summed E-state index contributed by atoms with van der Waals surface area (Å²) < 4.78 is 38.8. The number of rotatable bonds is 9. The molecule has 13 nitrogen and oxygen atoms in total. The van der Waals surface area contributed by atoms with Crippen molar-refractivity contribution >= 4 is 34.7 Å². The Bertz CT molecular complexity index is 2000. The van der Waals surface area contributed by atoms with E-state index in [1.807, 2.05) is 37.2 Å². The van der Waals surface area contributed by atoms with Crippen molar-refractivity contribution < 1.29 is 47.5 Å². The molecule has 13 heteroatoms. The first kappa shape index (κ1) is 36.0. The number of hydrogen-bond donors (Lipinski definition) is 1. The summed E-state index contributed by atoms with van der Waals surface area (Å²) in [6.07, 6.45) is 1.13. The lowest BCUT2D eigenvalue weighted by Gasteiger charge is -2.51. The predicted octanol–water partition coefficient (Wildman–Crippen LogP) is 6.18. The van der Waals surface area contributed by atoms with E-state index in [1.165, 1.54) is 50.1 Å². The molecule has 7 rings (SSSR count). The molecule has 0 amide bonds. The van der Waals surface area contributed by atoms with Crippen LogP contribution in [0.1, 0.15) is 46.9 Å². The van der Waals surface area contributed by atoms with Crippen molar-refractivity contribution in [2.45, 2.75) is 37.8 Å². The van der Waals surface area contributed by atoms with Crippen LogP contribution < -0.4 is 28.6 Å². The molecule has 2 aliphatic heterocycles. The van der Waals surface area contributed by atoms with Gasteiger partial charge in [0.15, 0.2) is 11.5 Å². The van der Waals surface area contributed by atoms with Gasteiger partial charge in [-0.05, 0) is 79.5 Å². The number of esters is 2. The molecular weight excluding hydrogens is 682 g/mol. The number of aromatic amines is 1. The third-order valence-electron chi connectivity index (χ3n) is 10.9. The molecule has 0 spiro atoms. The number of aromatic nitrogens is 1. The predicted molar refractivity (Wildman–Crippen MR) is 195 cm³/mol. The molecule has 1 saturated carbocycles. The lowest BCUT2D eigenvalue weighted by molar-refractivity contribution is -0.155. The molecule has 5 atom stereocenters. The van der Waals surface area contributed by atoms with Crippen LogP contribution in [0.5, 0.6) is 28.7 Å². The number of nitrogens with zero attached hydrogens (tertiary/aromatic N) is 2. The van der Waals surface area contributed by atoms with Crippen molar-refractivity contribution in [1.29, 1.82) is 0 Å². The first-order chi connectivity index (χ1) is 25.6. The molecule has 5 unspecified atom stereocenters. The average molecular weight is 728 g/mol. The average Bonchev–Trinajstić information content (AvgIpc) is 3.54. The van der Waals surface area contributed by atoms with Crippen molar-refractivity contribution in [2.24, 2.45) is 17.8 Å². The molecule has 0 bridgehead atoms. The molecule has 1 saturated heterocycles. The van der Waals surface area contributed by atoms with E-state index in [4.69, 9.17) is 33.2 Å². The summed E-state index contributed by atoms with van der Waals surface area (Å²) in [6, 6.07) is 16.1. The molecule has 3 heterocycles. The normalized spacial score (nSPS) is 22.0. The first-order valence-corrected chi connectivity index (χ1v) is 17.7. The number of ether oxygens (including phenoxy) is 7. The van der Waals surface area contributed by atoms with Crippen LogP contribution >= 0.6 is 0 Å². The highest BCUT2D eigenvalue weighted by Gasteiger charge is 2.49. The third-order valence-corrected chi connectivity index (χ3v) is 10.9. The number of hydrogen-bond acceptors (Lipinski definition) is 12. The zero-order valence-electron chi connectivity index (χ0n) is 30.8. The summed E-state index contributed by atoms with van der Waals surface area (Å²) in [5, 5.41) is 1.21. The van der Waals surface area contributed by atoms with Crippen LogP contribution in [0.25, 0.3) is 10.9 Å². The van der Waals surface area contributed by atoms with E-state index in [2.05, 4.69) is 16.0 Å². The lowest BCUT2D eigenvalue weighted by atomic mass is 9.65. The van der Waals surface area contributed by atoms with Crippen LogP contribution in [0.4, 0.5) is 10.5 Å². The summed E-state index contributed by atoms with van der Waals surface area (Å²) >= 11 is 0. The maximum atomic E-state index is 13.7. The summed E-state index contributed by atoms with van der Waals surface area (Å²) in [5.74, 6) is 0.0271. The van der Waals surface area contributed by atoms with E-state index in [9.17, 15) is 14.4 Å². The highest BCUT2D eigenvalue weighted by molar-refractivity contribution is 5.92. The van der Waals surface area contributed by atoms with Gasteiger partial charge in [0, 0.05) is 61.6 Å². The molecule has 3 aromatic carbocycles. The maximum absolute atomic E-state index is 13.7. The number of nitrogens with one attached hydrogen (secondary N) is 1. The molecule has 1 aliphatic carbocycles. The van der Waals surface area contributed by atoms with Crippen LogP contribution in [0.2, 0.25) is 0 Å². The Kier molecular flexibility index (Phi) is 10.1. The van der Waals surface area contributed by atoms with Gasteiger partial charge in [-0.2, -0.15) is 0 Å². The molecule has 1 aromatic heterocycles. The van der Waals surface area contributed by atoms with Crippen molar-refractivity contribution in [3.05, 3.63) is 71.4 Å². The van der Waals surface area contributed by atoms with Gasteiger partial charge in [-0.1, -0.05) is 6.07 Å². The number of benzene rings is 3. The smallest absolute Gasteiger partial charge is 0.497 e. The van der Waals surface area contributed by atoms with E-state index in [-0.39, 0.29) is 52.4 Å². The van der Waals surface area contributed by atoms with Crippen molar-refractivity contribution in [3.63, 3.8) is 0 Å². The largest absolute Gasteiger partial charge is 0.519 e. The molecule has 280 valence electrons. The topological polar surface area (TPSA) is 138 Å². The van der Waals surface area contributed by atoms with Gasteiger partial charge in [0.2, 0.25) is 5.75 Å². The number of methoxy groups -OCH3 is 4. The Morgan fingerprint density at radius 2 is 1.62 bits per heavy atom. The van der Waals surface area contributed by atoms with E-state index < -0.39 is 24.1 Å². The second-order valence-corrected chi connectivity index (χ2v) is 14.0. The van der Waals surface area contributed by atoms with Crippen molar-refractivity contribution in [3.8, 4) is 28.7 Å². The van der Waals surface area contributed by atoms with Gasteiger partial charge in [-0.25, -0.2) is 9.59 Å². The zero-order valence-corrected chi connectivity index (χ0v) is 30.8. The van der Waals surface area contributed by atoms with Gasteiger partial charge in [-0.15, -0.1) is 0 Å². The van der Waals surface area contributed by atoms with Crippen LogP contribution in [0.15, 0.2) is 54.6 Å². The second kappa shape index (κ2) is 14.9. The lowest BCUT2D eigenvalue weighted by Crippen LogP contribution is -2.52. The van der Waals surface area contributed by atoms with Gasteiger partial charge in [0.1, 0.15) is 17.6 Å². The molecule has 3 aliphatic rings. The van der Waals surface area contributed by atoms with Gasteiger partial charge in [0.25, 0.3) is 0 Å². The molecule has 4 aromatic rings. The summed E-state index contributed by atoms with van der Waals surface area (Å²) in [5.41, 5.74) is 4.56. The van der Waals surface area contributed by atoms with E-state index in [0.29, 0.717) is 12.8 Å². The van der Waals surface area contributed by atoms with Crippen molar-refractivity contribution in [1.82, 2.24) is 9.88 Å². The highest BCUT2D eigenvalue weighted by Crippen LogP contribution is 2.50. The Labute approximate surface area is 308 Å². The minimum atomic E-state index is -1.01. The van der Waals surface area contributed by atoms with E-state index >= 15 is 0 Å². The van der Waals surface area contributed by atoms with Gasteiger partial charge < -0.3 is 43.0 Å². The Hall–Kier alpha value is -5.43. The number of carbonyl (C=O) groups is 3. The number of H-pyrrole nitrogens is 1. The zero-order chi connectivity index (χ0) is 37.4. The Balaban J connectivity index is 1.07. The van der Waals surface area contributed by atoms with Gasteiger partial charge in [0.05, 0.1) is 46.0 Å². The number of piperidine rings is 1. The quantitative estimate of drug-likeness (QED) is 0.156. The van der Waals surface area contributed by atoms with Crippen LogP contribution in [-0.4, -0.2) is 89.7 Å². The molecule has 0 radical (unpaired) electrons. The third kappa shape index (κ3) is 7.05. The summed E-state index contributed by atoms with van der Waals surface area (Å²) in [7, 11) is 9.60. The molecule has 2 fully saturated rings. The molecule has 1 N–H and O–H groups in total. The van der Waals surface area contributed by atoms with Gasteiger partial charge in [-0.3, -0.25) is 9.69 Å². The Morgan fingerprint density at radius 1 is 0.849 bits per heavy atom. The van der Waals surface area contributed by atoms with Gasteiger partial charge >= 0.3 is 18.1 Å². The van der Waals surface area contributed by atoms with Crippen molar-refractivity contribution in [2.75, 3.05) is 60.5 Å². The maximum Gasteiger partial charge on any atom is 0.519 e. The molecule has 53 heavy (non-hydrogen) atoms. The van der Waals surface area contributed by atoms with Crippen LogP contribution in [0, 0.1) is 17.8 Å². The standard InChI is InChI=1S/C40H45N3O10/c1-42(2)24-8-7-9-26(17-24)52-40(46)53-37-34(48-4)15-22(16-35(37)49-5)38(44)51-27-14-23-21-43-13-12-29-28-11-10-25(47-3)19-32(28)41-36(29)33(43)20-30(23)31(18-27)39(45)50-6/h7-11,15-17,19,23,27,30-31,33,41H,12-14,18,20-21H2,1-6H3. The number of fused-ring (bicyclic) bond motifs is 6.